The minimum Gasteiger partial charge on any atom is -0.389 e. The molecular weight excluding hydrogens is 340 g/mol. The Morgan fingerprint density at radius 3 is 2.85 bits per heavy atom. The van der Waals surface area contributed by atoms with Gasteiger partial charge in [0.15, 0.2) is 6.61 Å². The van der Waals surface area contributed by atoms with Crippen molar-refractivity contribution in [1.29, 1.82) is 5.26 Å². The zero-order valence-corrected chi connectivity index (χ0v) is 13.6. The number of imidazole rings is 1. The van der Waals surface area contributed by atoms with Crippen LogP contribution in [-0.4, -0.2) is 35.7 Å². The quantitative estimate of drug-likeness (QED) is 0.370. The molecule has 0 saturated heterocycles. The summed E-state index contributed by atoms with van der Waals surface area (Å²) in [5, 5.41) is 31.2. The van der Waals surface area contributed by atoms with Crippen molar-refractivity contribution >= 4 is 12.0 Å². The van der Waals surface area contributed by atoms with Gasteiger partial charge in [0, 0.05) is 0 Å². The van der Waals surface area contributed by atoms with Gasteiger partial charge in [-0.05, 0) is 29.2 Å². The van der Waals surface area contributed by atoms with E-state index >= 15 is 0 Å². The van der Waals surface area contributed by atoms with E-state index in [1.54, 1.807) is 35.1 Å². The minimum atomic E-state index is -0.535. The van der Waals surface area contributed by atoms with Gasteiger partial charge in [0.25, 0.3) is 0 Å². The fraction of sp³-hybridized carbons (Fsp3) is 0.133. The summed E-state index contributed by atoms with van der Waals surface area (Å²) in [5.41, 5.74) is 1.85. The number of nitriles is 1. The highest BCUT2D eigenvalue weighted by atomic mass is 16.6. The van der Waals surface area contributed by atoms with Gasteiger partial charge in [-0.25, -0.2) is 14.2 Å². The van der Waals surface area contributed by atoms with E-state index in [-0.39, 0.29) is 18.2 Å². The molecule has 0 amide bonds. The normalized spacial score (nSPS) is 10.8. The number of rotatable bonds is 6. The highest BCUT2D eigenvalue weighted by molar-refractivity contribution is 5.74. The molecule has 0 bridgehead atoms. The van der Waals surface area contributed by atoms with Crippen molar-refractivity contribution in [3.8, 4) is 11.8 Å². The van der Waals surface area contributed by atoms with Crippen LogP contribution in [0.1, 0.15) is 17.1 Å². The Kier molecular flexibility index (Phi) is 4.66. The van der Waals surface area contributed by atoms with E-state index in [0.29, 0.717) is 11.3 Å². The molecule has 2 heterocycles. The Balaban J connectivity index is 1.60. The van der Waals surface area contributed by atoms with Crippen molar-refractivity contribution in [3.05, 3.63) is 63.9 Å². The molecule has 0 radical (unpaired) electrons. The Hall–Kier alpha value is -4.07. The summed E-state index contributed by atoms with van der Waals surface area (Å²) in [7, 11) is 1.51. The average Bonchev–Trinajstić information content (AvgIpc) is 3.26. The van der Waals surface area contributed by atoms with Crippen LogP contribution in [0.15, 0.2) is 41.8 Å². The van der Waals surface area contributed by atoms with Crippen molar-refractivity contribution in [2.45, 2.75) is 6.61 Å². The number of oxime groups is 1. The van der Waals surface area contributed by atoms with Gasteiger partial charge in [-0.1, -0.05) is 10.4 Å². The second-order valence-corrected chi connectivity index (χ2v) is 5.11. The molecule has 130 valence electrons. The lowest BCUT2D eigenvalue weighted by atomic mass is 10.2. The summed E-state index contributed by atoms with van der Waals surface area (Å²) in [5.74, 6) is 0.148. The van der Waals surface area contributed by atoms with E-state index in [4.69, 9.17) is 10.1 Å². The van der Waals surface area contributed by atoms with E-state index in [2.05, 4.69) is 20.5 Å². The lowest BCUT2D eigenvalue weighted by Gasteiger charge is -1.98. The van der Waals surface area contributed by atoms with Crippen LogP contribution in [0.25, 0.3) is 5.69 Å². The Morgan fingerprint density at radius 2 is 2.19 bits per heavy atom. The van der Waals surface area contributed by atoms with Crippen molar-refractivity contribution < 1.29 is 9.76 Å². The minimum absolute atomic E-state index is 0.0687. The number of hydrogen-bond acceptors (Lipinski definition) is 8. The molecule has 26 heavy (non-hydrogen) atoms. The summed E-state index contributed by atoms with van der Waals surface area (Å²) in [6.45, 7) is 0.0687. The number of nitro groups is 1. The van der Waals surface area contributed by atoms with Gasteiger partial charge in [0.05, 0.1) is 30.6 Å². The number of hydrogen-bond donors (Lipinski definition) is 0. The smallest absolute Gasteiger partial charge is 0.342 e. The molecule has 0 aliphatic rings. The Bertz CT molecular complexity index is 997. The molecule has 0 aliphatic heterocycles. The molecule has 0 aliphatic carbocycles. The van der Waals surface area contributed by atoms with Crippen LogP contribution >= 0.6 is 0 Å². The maximum atomic E-state index is 10.7. The molecule has 0 atom stereocenters. The Morgan fingerprint density at radius 1 is 1.42 bits per heavy atom. The monoisotopic (exact) mass is 352 g/mol. The first kappa shape index (κ1) is 16.8. The number of aromatic nitrogens is 5. The van der Waals surface area contributed by atoms with Crippen LogP contribution in [-0.2, 0) is 18.5 Å². The van der Waals surface area contributed by atoms with Crippen molar-refractivity contribution in [2.75, 3.05) is 0 Å². The maximum Gasteiger partial charge on any atom is 0.342 e. The zero-order valence-electron chi connectivity index (χ0n) is 13.6. The summed E-state index contributed by atoms with van der Waals surface area (Å²) in [6.07, 6.45) is 4.09. The summed E-state index contributed by atoms with van der Waals surface area (Å²) < 4.78 is 2.83. The molecule has 0 spiro atoms. The predicted octanol–water partition coefficient (Wildman–Crippen LogP) is 1.33. The molecule has 3 rings (SSSR count). The number of benzene rings is 1. The van der Waals surface area contributed by atoms with Gasteiger partial charge in [-0.2, -0.15) is 5.26 Å². The van der Waals surface area contributed by atoms with Gasteiger partial charge < -0.3 is 15.0 Å². The molecule has 0 N–H and O–H groups in total. The third kappa shape index (κ3) is 3.54. The fourth-order valence-corrected chi connectivity index (χ4v) is 2.07. The third-order valence-electron chi connectivity index (χ3n) is 3.44. The van der Waals surface area contributed by atoms with E-state index in [1.165, 1.54) is 17.8 Å². The lowest BCUT2D eigenvalue weighted by Crippen LogP contribution is -2.01. The SMILES string of the molecule is Cn1c([N+](=O)[O-])cnc1/C=N/OCc1cn(-c2ccc(C#N)cc2)nn1. The standard InChI is InChI=1S/C15H12N8O3/c1-21-14(17-8-15(21)23(24)25)7-18-26-10-12-9-22(20-19-12)13-4-2-11(6-16)3-5-13/h2-5,7-9H,10H2,1H3/b18-7+. The Labute approximate surface area is 146 Å². The van der Waals surface area contributed by atoms with Crippen LogP contribution in [0.3, 0.4) is 0 Å². The molecule has 0 unspecified atom stereocenters. The average molecular weight is 352 g/mol. The molecule has 11 heteroatoms. The lowest BCUT2D eigenvalue weighted by molar-refractivity contribution is -0.391. The topological polar surface area (TPSA) is 137 Å². The van der Waals surface area contributed by atoms with Gasteiger partial charge in [-0.15, -0.1) is 5.10 Å². The van der Waals surface area contributed by atoms with Gasteiger partial charge >= 0.3 is 5.82 Å². The van der Waals surface area contributed by atoms with Gasteiger partial charge in [-0.3, -0.25) is 0 Å². The second-order valence-electron chi connectivity index (χ2n) is 5.11. The van der Waals surface area contributed by atoms with E-state index in [1.807, 2.05) is 6.07 Å². The van der Waals surface area contributed by atoms with Crippen LogP contribution in [0.2, 0.25) is 0 Å². The second kappa shape index (κ2) is 7.22. The summed E-state index contributed by atoms with van der Waals surface area (Å²) >= 11 is 0. The first-order chi connectivity index (χ1) is 12.6. The highest BCUT2D eigenvalue weighted by Crippen LogP contribution is 2.11. The third-order valence-corrected chi connectivity index (χ3v) is 3.44. The molecular formula is C15H12N8O3. The van der Waals surface area contributed by atoms with Gasteiger partial charge in [0.2, 0.25) is 5.82 Å². The number of nitrogens with zero attached hydrogens (tertiary/aromatic N) is 8. The van der Waals surface area contributed by atoms with Crippen LogP contribution in [0.4, 0.5) is 5.82 Å². The van der Waals surface area contributed by atoms with Crippen LogP contribution < -0.4 is 0 Å². The van der Waals surface area contributed by atoms with Crippen molar-refractivity contribution in [1.82, 2.24) is 24.5 Å². The molecule has 0 saturated carbocycles. The van der Waals surface area contributed by atoms with Gasteiger partial charge in [0.1, 0.15) is 18.1 Å². The molecule has 0 fully saturated rings. The van der Waals surface area contributed by atoms with Crippen LogP contribution in [0, 0.1) is 21.4 Å². The van der Waals surface area contributed by atoms with E-state index in [0.717, 1.165) is 11.9 Å². The van der Waals surface area contributed by atoms with Crippen molar-refractivity contribution in [2.24, 2.45) is 12.2 Å². The highest BCUT2D eigenvalue weighted by Gasteiger charge is 2.14. The molecule has 11 nitrogen and oxygen atoms in total. The van der Waals surface area contributed by atoms with E-state index in [9.17, 15) is 10.1 Å². The largest absolute Gasteiger partial charge is 0.389 e. The zero-order chi connectivity index (χ0) is 18.5. The molecule has 2 aromatic heterocycles. The first-order valence-electron chi connectivity index (χ1n) is 7.31. The predicted molar refractivity (Wildman–Crippen MR) is 88.3 cm³/mol. The van der Waals surface area contributed by atoms with Crippen LogP contribution in [0.5, 0.6) is 0 Å². The molecule has 1 aromatic carbocycles. The maximum absolute atomic E-state index is 10.7. The van der Waals surface area contributed by atoms with Crippen molar-refractivity contribution in [3.63, 3.8) is 0 Å². The first-order valence-corrected chi connectivity index (χ1v) is 7.31. The summed E-state index contributed by atoms with van der Waals surface area (Å²) in [6, 6.07) is 8.92. The summed E-state index contributed by atoms with van der Waals surface area (Å²) in [4.78, 5) is 19.2. The fourth-order valence-electron chi connectivity index (χ4n) is 2.07. The molecule has 3 aromatic rings. The van der Waals surface area contributed by atoms with E-state index < -0.39 is 4.92 Å².